The van der Waals surface area contributed by atoms with E-state index in [1.165, 1.54) is 52.5 Å². The summed E-state index contributed by atoms with van der Waals surface area (Å²) in [5, 5.41) is 0. The number of carbonyl (C=O) groups is 2. The van der Waals surface area contributed by atoms with Crippen molar-refractivity contribution in [3.05, 3.63) is 46.8 Å². The molecular weight excluding hydrogens is 384 g/mol. The fraction of sp³-hybridized carbons (Fsp3) is 0.368. The first kappa shape index (κ1) is 21.6. The number of nitrogens with one attached hydrogen (secondary N) is 1. The normalized spacial score (nSPS) is 12.7. The Kier molecular flexibility index (Phi) is 6.30. The molecule has 0 aliphatic carbocycles. The lowest BCUT2D eigenvalue weighted by atomic mass is 10.0. The van der Waals surface area contributed by atoms with Gasteiger partial charge in [0, 0.05) is 18.3 Å². The van der Waals surface area contributed by atoms with Gasteiger partial charge in [-0.25, -0.2) is 13.2 Å². The summed E-state index contributed by atoms with van der Waals surface area (Å²) >= 11 is 0. The van der Waals surface area contributed by atoms with Gasteiger partial charge >= 0.3 is 5.97 Å². The quantitative estimate of drug-likeness (QED) is 0.557. The second kappa shape index (κ2) is 8.15. The Bertz CT molecular complexity index is 992. The number of carbonyl (C=O) groups excluding carboxylic acids is 2. The number of hydrogen-bond acceptors (Lipinski definition) is 6. The van der Waals surface area contributed by atoms with Crippen LogP contribution in [0.15, 0.2) is 29.2 Å². The lowest BCUT2D eigenvalue weighted by Crippen LogP contribution is -2.40. The number of aromatic nitrogens is 1. The number of ketones is 1. The molecule has 8 nitrogen and oxygen atoms in total. The van der Waals surface area contributed by atoms with Crippen LogP contribution in [0.5, 0.6) is 5.75 Å². The van der Waals surface area contributed by atoms with Gasteiger partial charge in [-0.05, 0) is 50.6 Å². The number of sulfonamides is 1. The molecule has 1 atom stereocenters. The molecule has 0 bridgehead atoms. The number of esters is 1. The smallest absolute Gasteiger partial charge is 0.354 e. The maximum absolute atomic E-state index is 13.0. The second-order valence-electron chi connectivity index (χ2n) is 6.35. The largest absolute Gasteiger partial charge is 0.497 e. The van der Waals surface area contributed by atoms with Gasteiger partial charge in [-0.2, -0.15) is 4.31 Å². The average molecular weight is 408 g/mol. The number of nitrogens with zero attached hydrogens (tertiary/aromatic N) is 1. The Morgan fingerprint density at radius 1 is 1.11 bits per heavy atom. The van der Waals surface area contributed by atoms with Gasteiger partial charge in [0.25, 0.3) is 0 Å². The molecule has 0 spiro atoms. The molecular formula is C19H24N2O6S. The van der Waals surface area contributed by atoms with Crippen LogP contribution >= 0.6 is 0 Å². The molecule has 0 aliphatic rings. The van der Waals surface area contributed by atoms with Crippen LogP contribution in [0.25, 0.3) is 0 Å². The van der Waals surface area contributed by atoms with Crippen molar-refractivity contribution in [2.45, 2.75) is 31.7 Å². The molecule has 0 radical (unpaired) electrons. The summed E-state index contributed by atoms with van der Waals surface area (Å²) in [4.78, 5) is 27.8. The van der Waals surface area contributed by atoms with Crippen LogP contribution in [-0.4, -0.2) is 56.8 Å². The van der Waals surface area contributed by atoms with E-state index in [2.05, 4.69) is 4.98 Å². The first-order chi connectivity index (χ1) is 13.1. The molecule has 1 unspecified atom stereocenters. The maximum Gasteiger partial charge on any atom is 0.354 e. The molecule has 2 aromatic rings. The van der Waals surface area contributed by atoms with E-state index < -0.39 is 27.8 Å². The van der Waals surface area contributed by atoms with Crippen molar-refractivity contribution in [3.63, 3.8) is 0 Å². The lowest BCUT2D eigenvalue weighted by molar-refractivity contribution is 0.0594. The van der Waals surface area contributed by atoms with Gasteiger partial charge in [0.05, 0.1) is 25.2 Å². The van der Waals surface area contributed by atoms with E-state index >= 15 is 0 Å². The number of methoxy groups -OCH3 is 2. The van der Waals surface area contributed by atoms with Crippen molar-refractivity contribution in [1.29, 1.82) is 0 Å². The van der Waals surface area contributed by atoms with Crippen LogP contribution in [0, 0.1) is 13.8 Å². The van der Waals surface area contributed by atoms with E-state index in [9.17, 15) is 18.0 Å². The molecule has 0 saturated heterocycles. The molecule has 0 fully saturated rings. The first-order valence-electron chi connectivity index (χ1n) is 8.50. The topological polar surface area (TPSA) is 106 Å². The third-order valence-corrected chi connectivity index (χ3v) is 6.68. The van der Waals surface area contributed by atoms with Gasteiger partial charge in [0.2, 0.25) is 10.0 Å². The van der Waals surface area contributed by atoms with Crippen LogP contribution < -0.4 is 4.74 Å². The molecule has 1 aromatic carbocycles. The number of likely N-dealkylation sites (N-methyl/N-ethyl adjacent to an activating group) is 1. The summed E-state index contributed by atoms with van der Waals surface area (Å²) in [6.07, 6.45) is 0. The zero-order chi connectivity index (χ0) is 21.2. The third kappa shape index (κ3) is 3.81. The van der Waals surface area contributed by atoms with Crippen molar-refractivity contribution in [2.24, 2.45) is 0 Å². The molecule has 9 heteroatoms. The number of ether oxygens (including phenoxy) is 2. The lowest BCUT2D eigenvalue weighted by Gasteiger charge is -2.23. The van der Waals surface area contributed by atoms with E-state index in [-0.39, 0.29) is 16.2 Å². The van der Waals surface area contributed by atoms with Crippen molar-refractivity contribution in [1.82, 2.24) is 9.29 Å². The summed E-state index contributed by atoms with van der Waals surface area (Å²) in [5.74, 6) is -0.479. The van der Waals surface area contributed by atoms with Crippen LogP contribution in [-0.2, 0) is 14.8 Å². The zero-order valence-electron chi connectivity index (χ0n) is 16.7. The van der Waals surface area contributed by atoms with Crippen molar-refractivity contribution in [2.75, 3.05) is 21.3 Å². The Morgan fingerprint density at radius 3 is 2.18 bits per heavy atom. The number of Topliss-reactive ketones (excluding diaryl/α,β-unsaturated/α-hetero) is 1. The molecule has 1 aromatic heterocycles. The highest BCUT2D eigenvalue weighted by Gasteiger charge is 2.33. The molecule has 1 N–H and O–H groups in total. The minimum absolute atomic E-state index is 0.0493. The first-order valence-corrected chi connectivity index (χ1v) is 9.94. The molecule has 1 heterocycles. The molecule has 0 saturated carbocycles. The number of aryl methyl sites for hydroxylation is 1. The second-order valence-corrected chi connectivity index (χ2v) is 8.35. The fourth-order valence-corrected chi connectivity index (χ4v) is 4.25. The van der Waals surface area contributed by atoms with Crippen LogP contribution in [0.2, 0.25) is 0 Å². The zero-order valence-corrected chi connectivity index (χ0v) is 17.5. The molecule has 152 valence electrons. The van der Waals surface area contributed by atoms with Gasteiger partial charge < -0.3 is 14.5 Å². The number of benzene rings is 1. The standard InChI is InChI=1S/C19H24N2O6S/c1-11-16(12(2)20-17(11)19(23)27-6)18(22)13(3)21(4)28(24,25)15-9-7-14(26-5)8-10-15/h7-10,13,20H,1-6H3. The van der Waals surface area contributed by atoms with E-state index in [1.807, 2.05) is 0 Å². The number of H-pyrrole nitrogens is 1. The Hall–Kier alpha value is -2.65. The summed E-state index contributed by atoms with van der Waals surface area (Å²) in [6.45, 7) is 4.78. The predicted octanol–water partition coefficient (Wildman–Crippen LogP) is 2.32. The number of hydrogen-bond donors (Lipinski definition) is 1. The molecule has 28 heavy (non-hydrogen) atoms. The van der Waals surface area contributed by atoms with Gasteiger partial charge in [0.15, 0.2) is 5.78 Å². The highest BCUT2D eigenvalue weighted by atomic mass is 32.2. The monoisotopic (exact) mass is 408 g/mol. The third-order valence-electron chi connectivity index (χ3n) is 4.73. The van der Waals surface area contributed by atoms with Gasteiger partial charge in [-0.15, -0.1) is 0 Å². The van der Waals surface area contributed by atoms with Crippen molar-refractivity contribution >= 4 is 21.8 Å². The Balaban J connectivity index is 2.36. The van der Waals surface area contributed by atoms with Crippen LogP contribution in [0.3, 0.4) is 0 Å². The Labute approximate surface area is 164 Å². The van der Waals surface area contributed by atoms with Crippen molar-refractivity contribution < 1.29 is 27.5 Å². The molecule has 0 aliphatic heterocycles. The Morgan fingerprint density at radius 2 is 1.68 bits per heavy atom. The van der Waals surface area contributed by atoms with E-state index in [0.717, 1.165) is 4.31 Å². The fourth-order valence-electron chi connectivity index (χ4n) is 2.92. The summed E-state index contributed by atoms with van der Waals surface area (Å²) in [6, 6.07) is 4.94. The molecule has 2 rings (SSSR count). The van der Waals surface area contributed by atoms with E-state index in [0.29, 0.717) is 17.0 Å². The van der Waals surface area contributed by atoms with E-state index in [4.69, 9.17) is 9.47 Å². The summed E-state index contributed by atoms with van der Waals surface area (Å²) < 4.78 is 36.5. The van der Waals surface area contributed by atoms with Gasteiger partial charge in [0.1, 0.15) is 11.4 Å². The SMILES string of the molecule is COC(=O)c1[nH]c(C)c(C(=O)C(C)N(C)S(=O)(=O)c2ccc(OC)cc2)c1C. The van der Waals surface area contributed by atoms with Crippen molar-refractivity contribution in [3.8, 4) is 5.75 Å². The number of rotatable bonds is 7. The highest BCUT2D eigenvalue weighted by Crippen LogP contribution is 2.25. The number of aromatic amines is 1. The van der Waals surface area contributed by atoms with Gasteiger partial charge in [-0.3, -0.25) is 4.79 Å². The summed E-state index contributed by atoms with van der Waals surface area (Å²) in [5.41, 5.74) is 1.36. The predicted molar refractivity (Wildman–Crippen MR) is 103 cm³/mol. The van der Waals surface area contributed by atoms with Crippen LogP contribution in [0.1, 0.15) is 39.0 Å². The maximum atomic E-state index is 13.0. The average Bonchev–Trinajstić information content (AvgIpc) is 2.99. The van der Waals surface area contributed by atoms with Gasteiger partial charge in [-0.1, -0.05) is 0 Å². The van der Waals surface area contributed by atoms with E-state index in [1.54, 1.807) is 13.8 Å². The highest BCUT2D eigenvalue weighted by molar-refractivity contribution is 7.89. The minimum Gasteiger partial charge on any atom is -0.497 e. The minimum atomic E-state index is -3.90. The summed E-state index contributed by atoms with van der Waals surface area (Å²) in [7, 11) is 0.181. The van der Waals surface area contributed by atoms with Crippen LogP contribution in [0.4, 0.5) is 0 Å². The molecule has 0 amide bonds.